The number of carbonyl (C=O) groups excluding carboxylic acids is 1. The highest BCUT2D eigenvalue weighted by molar-refractivity contribution is 9.10. The molecule has 0 saturated heterocycles. The maximum atomic E-state index is 10.6. The first-order valence-electron chi connectivity index (χ1n) is 4.37. The second-order valence-corrected chi connectivity index (χ2v) is 4.59. The van der Waals surface area contributed by atoms with E-state index in [0.29, 0.717) is 0 Å². The zero-order valence-corrected chi connectivity index (χ0v) is 9.75. The summed E-state index contributed by atoms with van der Waals surface area (Å²) < 4.78 is 1.07. The minimum atomic E-state index is -0.544. The number of fused-ring (bicyclic) bond motifs is 1. The molecule has 0 aliphatic carbocycles. The van der Waals surface area contributed by atoms with Crippen LogP contribution in [0.25, 0.3) is 0 Å². The Labute approximate surface area is 96.0 Å². The topological polar surface area (TPSA) is 20.3 Å². The summed E-state index contributed by atoms with van der Waals surface area (Å²) in [6, 6.07) is 6.03. The average Bonchev–Trinajstić information content (AvgIpc) is 2.59. The fraction of sp³-hybridized carbons (Fsp3) is 0.300. The van der Waals surface area contributed by atoms with E-state index in [2.05, 4.69) is 22.0 Å². The molecular weight excluding hydrogens is 265 g/mol. The van der Waals surface area contributed by atoms with Gasteiger partial charge in [0.15, 0.2) is 11.8 Å². The van der Waals surface area contributed by atoms with Crippen molar-refractivity contribution in [3.05, 3.63) is 28.2 Å². The Morgan fingerprint density at radius 3 is 3.07 bits per heavy atom. The van der Waals surface area contributed by atoms with Gasteiger partial charge in [0.2, 0.25) is 0 Å². The van der Waals surface area contributed by atoms with Gasteiger partial charge in [-0.05, 0) is 30.2 Å². The summed E-state index contributed by atoms with van der Waals surface area (Å²) in [4.78, 5) is 12.5. The Morgan fingerprint density at radius 2 is 2.36 bits per heavy atom. The zero-order valence-electron chi connectivity index (χ0n) is 7.41. The fourth-order valence-corrected chi connectivity index (χ4v) is 2.34. The van der Waals surface area contributed by atoms with Gasteiger partial charge in [-0.3, -0.25) is 4.79 Å². The Morgan fingerprint density at radius 1 is 1.57 bits per heavy atom. The summed E-state index contributed by atoms with van der Waals surface area (Å²) in [6.07, 6.45) is 1.71. The SMILES string of the molecule is O=CC(Cl)N1CCc2cc(Br)ccc21. The van der Waals surface area contributed by atoms with Gasteiger partial charge in [-0.15, -0.1) is 0 Å². The first kappa shape index (κ1) is 9.99. The zero-order chi connectivity index (χ0) is 10.1. The number of benzene rings is 1. The Kier molecular flexibility index (Phi) is 2.79. The first-order valence-corrected chi connectivity index (χ1v) is 5.60. The molecule has 1 aromatic carbocycles. The molecule has 0 fully saturated rings. The van der Waals surface area contributed by atoms with Gasteiger partial charge in [-0.1, -0.05) is 27.5 Å². The van der Waals surface area contributed by atoms with Gasteiger partial charge in [0.05, 0.1) is 0 Å². The number of carbonyl (C=O) groups is 1. The summed E-state index contributed by atoms with van der Waals surface area (Å²) in [5.41, 5.74) is 1.77. The highest BCUT2D eigenvalue weighted by atomic mass is 79.9. The molecule has 1 unspecified atom stereocenters. The van der Waals surface area contributed by atoms with Crippen molar-refractivity contribution in [1.82, 2.24) is 0 Å². The third kappa shape index (κ3) is 1.66. The Bertz CT molecular complexity index is 369. The van der Waals surface area contributed by atoms with Crippen molar-refractivity contribution in [2.24, 2.45) is 0 Å². The summed E-state index contributed by atoms with van der Waals surface area (Å²) in [5.74, 6) is 0. The van der Waals surface area contributed by atoms with Gasteiger partial charge < -0.3 is 4.90 Å². The summed E-state index contributed by atoms with van der Waals surface area (Å²) >= 11 is 9.30. The number of nitrogens with zero attached hydrogens (tertiary/aromatic N) is 1. The normalized spacial score (nSPS) is 16.6. The maximum absolute atomic E-state index is 10.6. The van der Waals surface area contributed by atoms with Crippen LogP contribution in [0.3, 0.4) is 0 Å². The fourth-order valence-electron chi connectivity index (χ4n) is 1.73. The number of rotatable bonds is 2. The monoisotopic (exact) mass is 273 g/mol. The third-order valence-electron chi connectivity index (χ3n) is 2.38. The highest BCUT2D eigenvalue weighted by Crippen LogP contribution is 2.32. The lowest BCUT2D eigenvalue weighted by atomic mass is 10.2. The van der Waals surface area contributed by atoms with Crippen LogP contribution >= 0.6 is 27.5 Å². The van der Waals surface area contributed by atoms with Crippen molar-refractivity contribution >= 4 is 39.5 Å². The molecular formula is C10H9BrClNO. The van der Waals surface area contributed by atoms with E-state index in [1.54, 1.807) is 0 Å². The second-order valence-electron chi connectivity index (χ2n) is 3.23. The molecule has 0 bridgehead atoms. The van der Waals surface area contributed by atoms with Gasteiger partial charge in [-0.25, -0.2) is 0 Å². The lowest BCUT2D eigenvalue weighted by molar-refractivity contribution is -0.107. The molecule has 2 nitrogen and oxygen atoms in total. The van der Waals surface area contributed by atoms with Gasteiger partial charge in [-0.2, -0.15) is 0 Å². The molecule has 0 amide bonds. The minimum Gasteiger partial charge on any atom is -0.349 e. The highest BCUT2D eigenvalue weighted by Gasteiger charge is 2.23. The standard InChI is InChI=1S/C10H9BrClNO/c11-8-1-2-9-7(5-8)3-4-13(9)10(12)6-14/h1-2,5-6,10H,3-4H2. The average molecular weight is 275 g/mol. The molecule has 1 aliphatic heterocycles. The summed E-state index contributed by atoms with van der Waals surface area (Å²) in [6.45, 7) is 0.818. The molecule has 0 radical (unpaired) electrons. The molecule has 1 atom stereocenters. The van der Waals surface area contributed by atoms with E-state index in [1.165, 1.54) is 5.56 Å². The van der Waals surface area contributed by atoms with E-state index < -0.39 is 5.50 Å². The minimum absolute atomic E-state index is 0.544. The van der Waals surface area contributed by atoms with Gasteiger partial charge in [0, 0.05) is 16.7 Å². The Balaban J connectivity index is 2.35. The molecule has 4 heteroatoms. The predicted molar refractivity (Wildman–Crippen MR) is 60.9 cm³/mol. The molecule has 1 aliphatic rings. The van der Waals surface area contributed by atoms with Crippen molar-refractivity contribution < 1.29 is 4.79 Å². The van der Waals surface area contributed by atoms with Crippen LogP contribution in [0.5, 0.6) is 0 Å². The van der Waals surface area contributed by atoms with Crippen LogP contribution < -0.4 is 4.90 Å². The molecule has 74 valence electrons. The lowest BCUT2D eigenvalue weighted by Crippen LogP contribution is -2.30. The Hall–Kier alpha value is -0.540. The number of aldehydes is 1. The van der Waals surface area contributed by atoms with Crippen molar-refractivity contribution in [3.8, 4) is 0 Å². The second kappa shape index (κ2) is 3.91. The molecule has 0 saturated carbocycles. The van der Waals surface area contributed by atoms with Crippen molar-refractivity contribution in [3.63, 3.8) is 0 Å². The van der Waals surface area contributed by atoms with Crippen LogP contribution in [-0.2, 0) is 11.2 Å². The van der Waals surface area contributed by atoms with Crippen molar-refractivity contribution in [2.45, 2.75) is 11.9 Å². The number of alkyl halides is 1. The van der Waals surface area contributed by atoms with E-state index in [0.717, 1.165) is 29.4 Å². The lowest BCUT2D eigenvalue weighted by Gasteiger charge is -2.20. The van der Waals surface area contributed by atoms with E-state index in [9.17, 15) is 4.79 Å². The number of halogens is 2. The summed E-state index contributed by atoms with van der Waals surface area (Å²) in [7, 11) is 0. The van der Waals surface area contributed by atoms with E-state index in [4.69, 9.17) is 11.6 Å². The molecule has 0 spiro atoms. The molecule has 1 heterocycles. The largest absolute Gasteiger partial charge is 0.349 e. The first-order chi connectivity index (χ1) is 6.72. The van der Waals surface area contributed by atoms with Crippen LogP contribution in [0, 0.1) is 0 Å². The number of hydrogen-bond acceptors (Lipinski definition) is 2. The van der Waals surface area contributed by atoms with Crippen LogP contribution in [-0.4, -0.2) is 18.3 Å². The molecule has 1 aromatic rings. The number of hydrogen-bond donors (Lipinski definition) is 0. The molecule has 14 heavy (non-hydrogen) atoms. The van der Waals surface area contributed by atoms with E-state index in [1.807, 2.05) is 17.0 Å². The van der Waals surface area contributed by atoms with Crippen molar-refractivity contribution in [1.29, 1.82) is 0 Å². The van der Waals surface area contributed by atoms with Gasteiger partial charge >= 0.3 is 0 Å². The third-order valence-corrected chi connectivity index (χ3v) is 3.21. The van der Waals surface area contributed by atoms with Crippen LogP contribution in [0.2, 0.25) is 0 Å². The molecule has 0 aromatic heterocycles. The quantitative estimate of drug-likeness (QED) is 0.469. The van der Waals surface area contributed by atoms with Gasteiger partial charge in [0.1, 0.15) is 0 Å². The van der Waals surface area contributed by atoms with E-state index >= 15 is 0 Å². The maximum Gasteiger partial charge on any atom is 0.160 e. The van der Waals surface area contributed by atoms with Crippen LogP contribution in [0.1, 0.15) is 5.56 Å². The predicted octanol–water partition coefficient (Wildman–Crippen LogP) is 2.58. The van der Waals surface area contributed by atoms with E-state index in [-0.39, 0.29) is 0 Å². The van der Waals surface area contributed by atoms with Gasteiger partial charge in [0.25, 0.3) is 0 Å². The van der Waals surface area contributed by atoms with Crippen LogP contribution in [0.4, 0.5) is 5.69 Å². The van der Waals surface area contributed by atoms with Crippen LogP contribution in [0.15, 0.2) is 22.7 Å². The molecule has 0 N–H and O–H groups in total. The number of anilines is 1. The summed E-state index contributed by atoms with van der Waals surface area (Å²) in [5, 5.41) is 0. The smallest absolute Gasteiger partial charge is 0.160 e. The van der Waals surface area contributed by atoms with Crippen molar-refractivity contribution in [2.75, 3.05) is 11.4 Å². The molecule has 2 rings (SSSR count).